The predicted molar refractivity (Wildman–Crippen MR) is 131 cm³/mol. The van der Waals surface area contributed by atoms with Crippen LogP contribution in [-0.2, 0) is 19.2 Å². The molecule has 1 aromatic carbocycles. The Labute approximate surface area is 214 Å². The first kappa shape index (κ1) is 28.9. The van der Waals surface area contributed by atoms with E-state index in [0.717, 1.165) is 0 Å². The van der Waals surface area contributed by atoms with E-state index >= 15 is 0 Å². The number of halogens is 1. The fraction of sp³-hybridized carbons (Fsp3) is 0.500. The zero-order valence-electron chi connectivity index (χ0n) is 20.7. The molecule has 0 unspecified atom stereocenters. The number of aldehydes is 1. The molecule has 0 radical (unpaired) electrons. The maximum atomic E-state index is 13.9. The quantitative estimate of drug-likeness (QED) is 0.300. The van der Waals surface area contributed by atoms with Gasteiger partial charge in [0.25, 0.3) is 5.91 Å². The second-order valence-corrected chi connectivity index (χ2v) is 10.2. The van der Waals surface area contributed by atoms with Gasteiger partial charge in [-0.3, -0.25) is 19.7 Å². The number of carboxylic acid groups (broad SMARTS) is 1. The summed E-state index contributed by atoms with van der Waals surface area (Å²) < 4.78 is -0.675. The largest absolute Gasteiger partial charge is 0.481 e. The van der Waals surface area contributed by atoms with Crippen LogP contribution in [0.15, 0.2) is 18.2 Å². The standard InChI is InChI=1S/C24H31ClN4O7/c1-14(31)26-17-9-7-8-16(19(17)25)21(34)28-20(24(2,3)4)22(35)29(10-5-6-11-29)23(36)27-15(13-30)12-18(32)33/h7-9,13,15,20H,5-6,10-12H2,1-4H3,(H3-,26,27,28,31,32,33,34,36)/p+1/t15-,20+/m0/s1. The van der Waals surface area contributed by atoms with E-state index in [1.165, 1.54) is 25.1 Å². The van der Waals surface area contributed by atoms with E-state index < -0.39 is 52.2 Å². The monoisotopic (exact) mass is 523 g/mol. The molecule has 1 heterocycles. The lowest BCUT2D eigenvalue weighted by atomic mass is 9.85. The van der Waals surface area contributed by atoms with E-state index in [4.69, 9.17) is 16.7 Å². The molecule has 196 valence electrons. The Kier molecular flexibility index (Phi) is 9.33. The Morgan fingerprint density at radius 3 is 2.22 bits per heavy atom. The number of carbonyl (C=O) groups excluding carboxylic acids is 5. The lowest BCUT2D eigenvalue weighted by molar-refractivity contribution is -0.761. The van der Waals surface area contributed by atoms with Gasteiger partial charge in [0.2, 0.25) is 5.91 Å². The minimum Gasteiger partial charge on any atom is -0.481 e. The number of carboxylic acids is 1. The van der Waals surface area contributed by atoms with Gasteiger partial charge in [0.05, 0.1) is 35.8 Å². The summed E-state index contributed by atoms with van der Waals surface area (Å²) in [6, 6.07) is 1.29. The zero-order valence-corrected chi connectivity index (χ0v) is 21.5. The topological polar surface area (TPSA) is 159 Å². The minimum absolute atomic E-state index is 0.00406. The second kappa shape index (κ2) is 11.6. The number of imide groups is 1. The number of urea groups is 1. The van der Waals surface area contributed by atoms with Crippen LogP contribution >= 0.6 is 11.6 Å². The smallest absolute Gasteiger partial charge is 0.424 e. The number of anilines is 1. The summed E-state index contributed by atoms with van der Waals surface area (Å²) in [6.45, 7) is 6.78. The van der Waals surface area contributed by atoms with Crippen LogP contribution in [0, 0.1) is 5.41 Å². The number of rotatable bonds is 8. The maximum Gasteiger partial charge on any atom is 0.424 e. The molecule has 1 saturated heterocycles. The van der Waals surface area contributed by atoms with Crippen LogP contribution in [0.25, 0.3) is 0 Å². The number of nitrogens with zero attached hydrogens (tertiary/aromatic N) is 1. The minimum atomic E-state index is -1.29. The Hall–Kier alpha value is -3.31. The normalized spacial score (nSPS) is 16.4. The van der Waals surface area contributed by atoms with Gasteiger partial charge in [0.15, 0.2) is 6.04 Å². The van der Waals surface area contributed by atoms with Crippen LogP contribution in [0.3, 0.4) is 0 Å². The number of amides is 5. The predicted octanol–water partition coefficient (Wildman–Crippen LogP) is 2.33. The van der Waals surface area contributed by atoms with Crippen molar-refractivity contribution >= 4 is 53.3 Å². The molecule has 1 fully saturated rings. The van der Waals surface area contributed by atoms with Crippen molar-refractivity contribution < 1.29 is 38.4 Å². The second-order valence-electron chi connectivity index (χ2n) is 9.87. The van der Waals surface area contributed by atoms with Crippen LogP contribution in [0.5, 0.6) is 0 Å². The van der Waals surface area contributed by atoms with Crippen LogP contribution < -0.4 is 16.0 Å². The molecule has 1 aliphatic heterocycles. The summed E-state index contributed by atoms with van der Waals surface area (Å²) in [6.07, 6.45) is 0.806. The molecule has 0 aromatic heterocycles. The average Bonchev–Trinajstić information content (AvgIpc) is 3.27. The molecule has 0 saturated carbocycles. The zero-order chi connectivity index (χ0) is 27.3. The number of nitrogens with one attached hydrogen (secondary N) is 3. The van der Waals surface area contributed by atoms with Crippen LogP contribution in [0.4, 0.5) is 10.5 Å². The number of hydrogen-bond donors (Lipinski definition) is 4. The Balaban J connectivity index is 2.39. The molecule has 4 N–H and O–H groups in total. The summed E-state index contributed by atoms with van der Waals surface area (Å²) >= 11 is 6.34. The van der Waals surface area contributed by atoms with E-state index in [1.807, 2.05) is 0 Å². The molecule has 11 nitrogen and oxygen atoms in total. The van der Waals surface area contributed by atoms with Crippen molar-refractivity contribution in [3.05, 3.63) is 28.8 Å². The van der Waals surface area contributed by atoms with Gasteiger partial charge >= 0.3 is 17.9 Å². The van der Waals surface area contributed by atoms with E-state index in [2.05, 4.69) is 16.0 Å². The molecule has 0 spiro atoms. The van der Waals surface area contributed by atoms with E-state index in [9.17, 15) is 28.8 Å². The number of likely N-dealkylation sites (tertiary alicyclic amines) is 1. The fourth-order valence-corrected chi connectivity index (χ4v) is 4.36. The fourth-order valence-electron chi connectivity index (χ4n) is 4.10. The van der Waals surface area contributed by atoms with Gasteiger partial charge in [-0.05, 0) is 17.5 Å². The average molecular weight is 524 g/mol. The van der Waals surface area contributed by atoms with Crippen molar-refractivity contribution in [1.82, 2.24) is 10.6 Å². The lowest BCUT2D eigenvalue weighted by Crippen LogP contribution is -2.67. The molecule has 1 aliphatic rings. The van der Waals surface area contributed by atoms with Gasteiger partial charge in [-0.1, -0.05) is 38.4 Å². The first-order valence-electron chi connectivity index (χ1n) is 11.5. The van der Waals surface area contributed by atoms with Gasteiger partial charge in [-0.2, -0.15) is 4.48 Å². The summed E-state index contributed by atoms with van der Waals surface area (Å²) in [5.74, 6) is -2.90. The Bertz CT molecular complexity index is 1060. The molecule has 1 aromatic rings. The van der Waals surface area contributed by atoms with Crippen molar-refractivity contribution in [3.8, 4) is 0 Å². The first-order chi connectivity index (χ1) is 16.7. The molecule has 2 rings (SSSR count). The lowest BCUT2D eigenvalue weighted by Gasteiger charge is -2.37. The summed E-state index contributed by atoms with van der Waals surface area (Å²) in [5, 5.41) is 16.6. The Morgan fingerprint density at radius 2 is 1.72 bits per heavy atom. The molecule has 5 amide bonds. The number of quaternary nitrogens is 1. The Morgan fingerprint density at radius 1 is 1.11 bits per heavy atom. The third-order valence-corrected chi connectivity index (χ3v) is 6.36. The van der Waals surface area contributed by atoms with E-state index in [-0.39, 0.29) is 35.3 Å². The molecular weight excluding hydrogens is 492 g/mol. The molecule has 0 aliphatic carbocycles. The molecular formula is C24H32ClN4O7+. The van der Waals surface area contributed by atoms with Crippen molar-refractivity contribution in [2.75, 3.05) is 18.4 Å². The molecule has 2 atom stereocenters. The van der Waals surface area contributed by atoms with Gasteiger partial charge in [-0.25, -0.2) is 9.59 Å². The third-order valence-electron chi connectivity index (χ3n) is 5.95. The SMILES string of the molecule is CC(=O)Nc1cccc(C(=O)N[C@H](C(=O)[N+]2(C(=O)N[C@H](C=O)CC(=O)O)CCCC2)C(C)(C)C)c1Cl. The van der Waals surface area contributed by atoms with Gasteiger partial charge in [-0.15, -0.1) is 0 Å². The van der Waals surface area contributed by atoms with E-state index in [1.54, 1.807) is 20.8 Å². The highest BCUT2D eigenvalue weighted by molar-refractivity contribution is 6.36. The summed E-state index contributed by atoms with van der Waals surface area (Å²) in [5.41, 5.74) is -0.561. The molecule has 12 heteroatoms. The maximum absolute atomic E-state index is 13.9. The molecule has 36 heavy (non-hydrogen) atoms. The number of benzene rings is 1. The van der Waals surface area contributed by atoms with Crippen LogP contribution in [0.1, 0.15) is 57.3 Å². The van der Waals surface area contributed by atoms with Crippen molar-refractivity contribution in [3.63, 3.8) is 0 Å². The summed E-state index contributed by atoms with van der Waals surface area (Å²) in [4.78, 5) is 74.2. The van der Waals surface area contributed by atoms with Gasteiger partial charge in [0.1, 0.15) is 12.3 Å². The molecule has 0 bridgehead atoms. The highest BCUT2D eigenvalue weighted by atomic mass is 35.5. The number of carbonyl (C=O) groups is 6. The summed E-state index contributed by atoms with van der Waals surface area (Å²) in [7, 11) is 0. The number of aliphatic carboxylic acids is 1. The van der Waals surface area contributed by atoms with Crippen LogP contribution in [-0.4, -0.2) is 70.8 Å². The highest BCUT2D eigenvalue weighted by Gasteiger charge is 2.53. The number of hydrogen-bond acceptors (Lipinski definition) is 6. The third kappa shape index (κ3) is 6.67. The first-order valence-corrected chi connectivity index (χ1v) is 11.9. The van der Waals surface area contributed by atoms with Crippen molar-refractivity contribution in [1.29, 1.82) is 0 Å². The van der Waals surface area contributed by atoms with Crippen LogP contribution in [0.2, 0.25) is 5.02 Å². The van der Waals surface area contributed by atoms with Gasteiger partial charge < -0.3 is 20.5 Å². The van der Waals surface area contributed by atoms with Crippen molar-refractivity contribution in [2.45, 2.75) is 59.0 Å². The highest BCUT2D eigenvalue weighted by Crippen LogP contribution is 2.30. The van der Waals surface area contributed by atoms with Crippen molar-refractivity contribution in [2.24, 2.45) is 5.41 Å². The van der Waals surface area contributed by atoms with Gasteiger partial charge in [0, 0.05) is 19.8 Å². The van der Waals surface area contributed by atoms with E-state index in [0.29, 0.717) is 19.1 Å².